The molecule has 1 aromatic rings. The summed E-state index contributed by atoms with van der Waals surface area (Å²) in [6, 6.07) is 2.12. The summed E-state index contributed by atoms with van der Waals surface area (Å²) in [5.74, 6) is 0.684. The van der Waals surface area contributed by atoms with Crippen molar-refractivity contribution >= 4 is 0 Å². The van der Waals surface area contributed by atoms with Gasteiger partial charge in [-0.15, -0.1) is 0 Å². The summed E-state index contributed by atoms with van der Waals surface area (Å²) in [5, 5.41) is 10.7. The number of aromatic amines is 1. The second-order valence-electron chi connectivity index (χ2n) is 4.41. The third kappa shape index (κ3) is 0.967. The maximum atomic E-state index is 4.04. The standard InChI is InChI=1S/C10H15N3/c1-3-10(4-1)7-11-6-8(10)9-2-5-12-13-9/h2,5,8,11H,1,3-4,6-7H2,(H,12,13)/t8-/m1/s1. The lowest BCUT2D eigenvalue weighted by Crippen LogP contribution is -2.36. The van der Waals surface area contributed by atoms with Crippen molar-refractivity contribution in [3.63, 3.8) is 0 Å². The summed E-state index contributed by atoms with van der Waals surface area (Å²) >= 11 is 0. The Hall–Kier alpha value is -0.830. The van der Waals surface area contributed by atoms with E-state index in [9.17, 15) is 0 Å². The predicted octanol–water partition coefficient (Wildman–Crippen LogP) is 1.27. The van der Waals surface area contributed by atoms with Crippen molar-refractivity contribution in [2.45, 2.75) is 25.2 Å². The van der Waals surface area contributed by atoms with E-state index in [0.717, 1.165) is 6.54 Å². The smallest absolute Gasteiger partial charge is 0.0490 e. The van der Waals surface area contributed by atoms with Crippen LogP contribution in [-0.2, 0) is 0 Å². The molecule has 0 amide bonds. The van der Waals surface area contributed by atoms with E-state index in [1.807, 2.05) is 6.20 Å². The Morgan fingerprint density at radius 3 is 3.00 bits per heavy atom. The first-order valence-corrected chi connectivity index (χ1v) is 5.11. The molecule has 1 aromatic heterocycles. The molecule has 2 fully saturated rings. The topological polar surface area (TPSA) is 40.7 Å². The summed E-state index contributed by atoms with van der Waals surface area (Å²) < 4.78 is 0. The summed E-state index contributed by atoms with van der Waals surface area (Å²) in [4.78, 5) is 0. The van der Waals surface area contributed by atoms with Gasteiger partial charge in [0.25, 0.3) is 0 Å². The molecule has 1 saturated heterocycles. The van der Waals surface area contributed by atoms with Crippen molar-refractivity contribution in [2.24, 2.45) is 5.41 Å². The highest BCUT2D eigenvalue weighted by Gasteiger charge is 2.48. The third-order valence-corrected chi connectivity index (χ3v) is 3.81. The highest BCUT2D eigenvalue weighted by molar-refractivity contribution is 5.18. The van der Waals surface area contributed by atoms with Gasteiger partial charge in [-0.1, -0.05) is 6.42 Å². The van der Waals surface area contributed by atoms with Crippen LogP contribution in [-0.4, -0.2) is 23.3 Å². The van der Waals surface area contributed by atoms with Crippen LogP contribution in [0.4, 0.5) is 0 Å². The number of H-pyrrole nitrogens is 1. The summed E-state index contributed by atoms with van der Waals surface area (Å²) in [6.07, 6.45) is 6.06. The number of hydrogen-bond acceptors (Lipinski definition) is 2. The molecular formula is C10H15N3. The molecule has 3 nitrogen and oxygen atoms in total. The Kier molecular flexibility index (Phi) is 1.50. The molecule has 0 bridgehead atoms. The van der Waals surface area contributed by atoms with Crippen LogP contribution in [0.15, 0.2) is 12.3 Å². The van der Waals surface area contributed by atoms with Gasteiger partial charge in [-0.2, -0.15) is 5.10 Å². The molecular weight excluding hydrogens is 162 g/mol. The van der Waals surface area contributed by atoms with Gasteiger partial charge in [-0.25, -0.2) is 0 Å². The molecule has 3 rings (SSSR count). The molecule has 1 aliphatic heterocycles. The maximum absolute atomic E-state index is 4.04. The first-order valence-electron chi connectivity index (χ1n) is 5.11. The zero-order valence-electron chi connectivity index (χ0n) is 7.71. The average molecular weight is 177 g/mol. The SMILES string of the molecule is c1cc([C@H]2CNCC23CCC3)[nH]n1. The fraction of sp³-hybridized carbons (Fsp3) is 0.700. The molecule has 2 heterocycles. The predicted molar refractivity (Wildman–Crippen MR) is 50.5 cm³/mol. The van der Waals surface area contributed by atoms with Crippen molar-refractivity contribution in [2.75, 3.05) is 13.1 Å². The fourth-order valence-corrected chi connectivity index (χ4v) is 2.86. The van der Waals surface area contributed by atoms with E-state index in [4.69, 9.17) is 0 Å². The minimum Gasteiger partial charge on any atom is -0.315 e. The van der Waals surface area contributed by atoms with E-state index in [-0.39, 0.29) is 0 Å². The zero-order chi connectivity index (χ0) is 8.73. The van der Waals surface area contributed by atoms with Crippen LogP contribution in [0.1, 0.15) is 30.9 Å². The second-order valence-corrected chi connectivity index (χ2v) is 4.41. The first kappa shape index (κ1) is 7.56. The molecule has 1 saturated carbocycles. The highest BCUT2D eigenvalue weighted by Crippen LogP contribution is 2.52. The van der Waals surface area contributed by atoms with Gasteiger partial charge >= 0.3 is 0 Å². The van der Waals surface area contributed by atoms with Crippen molar-refractivity contribution in [1.29, 1.82) is 0 Å². The number of aromatic nitrogens is 2. The Balaban J connectivity index is 1.91. The minimum absolute atomic E-state index is 0.576. The lowest BCUT2D eigenvalue weighted by atomic mass is 9.62. The van der Waals surface area contributed by atoms with Crippen molar-refractivity contribution in [3.05, 3.63) is 18.0 Å². The molecule has 2 aliphatic rings. The van der Waals surface area contributed by atoms with Gasteiger partial charge in [-0.05, 0) is 24.3 Å². The molecule has 1 atom stereocenters. The Bertz CT molecular complexity index is 287. The Morgan fingerprint density at radius 2 is 2.38 bits per heavy atom. The molecule has 1 spiro atoms. The fourth-order valence-electron chi connectivity index (χ4n) is 2.86. The quantitative estimate of drug-likeness (QED) is 0.678. The van der Waals surface area contributed by atoms with E-state index in [0.29, 0.717) is 11.3 Å². The summed E-state index contributed by atoms with van der Waals surface area (Å²) in [5.41, 5.74) is 1.90. The number of rotatable bonds is 1. The van der Waals surface area contributed by atoms with E-state index in [2.05, 4.69) is 21.6 Å². The van der Waals surface area contributed by atoms with Crippen LogP contribution in [0.2, 0.25) is 0 Å². The third-order valence-electron chi connectivity index (χ3n) is 3.81. The van der Waals surface area contributed by atoms with Gasteiger partial charge in [0.1, 0.15) is 0 Å². The van der Waals surface area contributed by atoms with Crippen molar-refractivity contribution < 1.29 is 0 Å². The molecule has 1 aliphatic carbocycles. The van der Waals surface area contributed by atoms with Gasteiger partial charge in [0.2, 0.25) is 0 Å². The molecule has 13 heavy (non-hydrogen) atoms. The van der Waals surface area contributed by atoms with E-state index in [1.54, 1.807) is 0 Å². The number of hydrogen-bond donors (Lipinski definition) is 2. The zero-order valence-corrected chi connectivity index (χ0v) is 7.71. The first-order chi connectivity index (χ1) is 6.41. The van der Waals surface area contributed by atoms with E-state index >= 15 is 0 Å². The van der Waals surface area contributed by atoms with Gasteiger partial charge in [0, 0.05) is 30.9 Å². The van der Waals surface area contributed by atoms with Crippen LogP contribution in [0, 0.1) is 5.41 Å². The number of nitrogens with one attached hydrogen (secondary N) is 2. The van der Waals surface area contributed by atoms with E-state index in [1.165, 1.54) is 31.5 Å². The summed E-state index contributed by atoms with van der Waals surface area (Å²) in [7, 11) is 0. The van der Waals surface area contributed by atoms with Crippen molar-refractivity contribution in [1.82, 2.24) is 15.5 Å². The monoisotopic (exact) mass is 177 g/mol. The number of nitrogens with zero attached hydrogens (tertiary/aromatic N) is 1. The molecule has 70 valence electrons. The summed E-state index contributed by atoms with van der Waals surface area (Å²) in [6.45, 7) is 2.33. The highest BCUT2D eigenvalue weighted by atomic mass is 15.1. The van der Waals surface area contributed by atoms with Crippen molar-refractivity contribution in [3.8, 4) is 0 Å². The van der Waals surface area contributed by atoms with E-state index < -0.39 is 0 Å². The van der Waals surface area contributed by atoms with Gasteiger partial charge in [0.05, 0.1) is 0 Å². The van der Waals surface area contributed by atoms with Crippen LogP contribution in [0.3, 0.4) is 0 Å². The Morgan fingerprint density at radius 1 is 1.46 bits per heavy atom. The normalized spacial score (nSPS) is 30.6. The van der Waals surface area contributed by atoms with Gasteiger partial charge < -0.3 is 5.32 Å². The van der Waals surface area contributed by atoms with Crippen LogP contribution >= 0.6 is 0 Å². The van der Waals surface area contributed by atoms with Crippen LogP contribution in [0.5, 0.6) is 0 Å². The van der Waals surface area contributed by atoms with Gasteiger partial charge in [-0.3, -0.25) is 5.10 Å². The molecule has 0 unspecified atom stereocenters. The van der Waals surface area contributed by atoms with Gasteiger partial charge in [0.15, 0.2) is 0 Å². The minimum atomic E-state index is 0.576. The lowest BCUT2D eigenvalue weighted by Gasteiger charge is -2.42. The average Bonchev–Trinajstić information content (AvgIpc) is 2.71. The van der Waals surface area contributed by atoms with Crippen LogP contribution in [0.25, 0.3) is 0 Å². The molecule has 3 heteroatoms. The molecule has 2 N–H and O–H groups in total. The maximum Gasteiger partial charge on any atom is 0.0490 e. The second kappa shape index (κ2) is 2.58. The Labute approximate surface area is 77.9 Å². The van der Waals surface area contributed by atoms with Crippen LogP contribution < -0.4 is 5.32 Å². The molecule has 0 radical (unpaired) electrons. The lowest BCUT2D eigenvalue weighted by molar-refractivity contribution is 0.135. The largest absolute Gasteiger partial charge is 0.315 e. The molecule has 0 aromatic carbocycles.